The topological polar surface area (TPSA) is 72.7 Å². The molecule has 1 aliphatic rings. The summed E-state index contributed by atoms with van der Waals surface area (Å²) in [5.41, 5.74) is 0.842. The van der Waals surface area contributed by atoms with E-state index in [9.17, 15) is 14.9 Å². The molecule has 0 N–H and O–H groups in total. The summed E-state index contributed by atoms with van der Waals surface area (Å²) in [6.45, 7) is 3.85. The van der Waals surface area contributed by atoms with Crippen LogP contribution in [0.3, 0.4) is 0 Å². The van der Waals surface area contributed by atoms with Crippen molar-refractivity contribution in [3.05, 3.63) is 33.9 Å². The minimum atomic E-state index is -0.446. The Morgan fingerprint density at radius 1 is 1.58 bits per heavy atom. The number of benzene rings is 1. The summed E-state index contributed by atoms with van der Waals surface area (Å²) in [5, 5.41) is 11.1. The zero-order valence-electron chi connectivity index (χ0n) is 10.7. The van der Waals surface area contributed by atoms with Crippen molar-refractivity contribution >= 4 is 17.7 Å². The van der Waals surface area contributed by atoms with E-state index in [1.165, 1.54) is 6.07 Å². The summed E-state index contributed by atoms with van der Waals surface area (Å²) in [4.78, 5) is 23.3. The van der Waals surface area contributed by atoms with Gasteiger partial charge in [0.15, 0.2) is 0 Å². The number of carbonyl (C=O) groups excluding carboxylic acids is 1. The predicted octanol–water partition coefficient (Wildman–Crippen LogP) is 2.02. The maximum Gasteiger partial charge on any atom is 0.293 e. The van der Waals surface area contributed by atoms with Crippen LogP contribution in [0, 0.1) is 10.1 Å². The molecule has 6 nitrogen and oxygen atoms in total. The van der Waals surface area contributed by atoms with Crippen molar-refractivity contribution in [1.29, 1.82) is 0 Å². The van der Waals surface area contributed by atoms with E-state index in [0.29, 0.717) is 37.2 Å². The van der Waals surface area contributed by atoms with Gasteiger partial charge >= 0.3 is 0 Å². The zero-order chi connectivity index (χ0) is 13.8. The number of hydrogen-bond acceptors (Lipinski definition) is 5. The van der Waals surface area contributed by atoms with E-state index in [2.05, 4.69) is 0 Å². The fourth-order valence-electron chi connectivity index (χ4n) is 2.21. The monoisotopic (exact) mass is 264 g/mol. The lowest BCUT2D eigenvalue weighted by Gasteiger charge is -2.33. The molecule has 1 aliphatic heterocycles. The Labute approximate surface area is 111 Å². The molecule has 1 saturated heterocycles. The minimum absolute atomic E-state index is 0.0265. The summed E-state index contributed by atoms with van der Waals surface area (Å²) in [5.74, 6) is 0. The summed E-state index contributed by atoms with van der Waals surface area (Å²) in [7, 11) is 0. The number of morpholine rings is 1. The molecule has 1 heterocycles. The Kier molecular flexibility index (Phi) is 4.11. The first-order valence-electron chi connectivity index (χ1n) is 6.26. The maximum atomic E-state index is 11.1. The van der Waals surface area contributed by atoms with Crippen LogP contribution < -0.4 is 4.90 Å². The number of aldehydes is 1. The van der Waals surface area contributed by atoms with Crippen molar-refractivity contribution in [1.82, 2.24) is 0 Å². The highest BCUT2D eigenvalue weighted by molar-refractivity contribution is 5.79. The van der Waals surface area contributed by atoms with Gasteiger partial charge in [-0.05, 0) is 18.6 Å². The normalized spacial score (nSPS) is 19.2. The SMILES string of the molecule is CCC1CN(c2ccc(C=O)cc2[N+](=O)[O-])CCO1. The van der Waals surface area contributed by atoms with Crippen molar-refractivity contribution in [2.45, 2.75) is 19.4 Å². The summed E-state index contributed by atoms with van der Waals surface area (Å²) < 4.78 is 5.56. The molecule has 6 heteroatoms. The van der Waals surface area contributed by atoms with Crippen LogP contribution in [0.4, 0.5) is 11.4 Å². The largest absolute Gasteiger partial charge is 0.375 e. The van der Waals surface area contributed by atoms with Gasteiger partial charge in [-0.3, -0.25) is 14.9 Å². The van der Waals surface area contributed by atoms with Gasteiger partial charge in [-0.1, -0.05) is 6.92 Å². The lowest BCUT2D eigenvalue weighted by atomic mass is 10.1. The molecule has 0 bridgehead atoms. The zero-order valence-corrected chi connectivity index (χ0v) is 10.7. The molecular formula is C13H16N2O4. The smallest absolute Gasteiger partial charge is 0.293 e. The standard InChI is InChI=1S/C13H16N2O4/c1-2-11-8-14(5-6-19-11)12-4-3-10(9-16)7-13(12)15(17)18/h3-4,7,9,11H,2,5-6,8H2,1H3. The molecule has 1 atom stereocenters. The Morgan fingerprint density at radius 2 is 2.37 bits per heavy atom. The van der Waals surface area contributed by atoms with E-state index in [0.717, 1.165) is 6.42 Å². The Hall–Kier alpha value is -1.95. The van der Waals surface area contributed by atoms with Crippen molar-refractivity contribution in [3.63, 3.8) is 0 Å². The molecule has 19 heavy (non-hydrogen) atoms. The highest BCUT2D eigenvalue weighted by atomic mass is 16.6. The van der Waals surface area contributed by atoms with E-state index in [-0.39, 0.29) is 11.8 Å². The third kappa shape index (κ3) is 2.90. The number of nitro benzene ring substituents is 1. The highest BCUT2D eigenvalue weighted by Gasteiger charge is 2.25. The van der Waals surface area contributed by atoms with E-state index < -0.39 is 4.92 Å². The van der Waals surface area contributed by atoms with Crippen LogP contribution in [-0.2, 0) is 4.74 Å². The van der Waals surface area contributed by atoms with E-state index in [4.69, 9.17) is 4.74 Å². The third-order valence-corrected chi connectivity index (χ3v) is 3.27. The highest BCUT2D eigenvalue weighted by Crippen LogP contribution is 2.30. The van der Waals surface area contributed by atoms with E-state index >= 15 is 0 Å². The van der Waals surface area contributed by atoms with Gasteiger partial charge in [0.1, 0.15) is 12.0 Å². The van der Waals surface area contributed by atoms with Crippen LogP contribution in [0.1, 0.15) is 23.7 Å². The number of anilines is 1. The van der Waals surface area contributed by atoms with Gasteiger partial charge < -0.3 is 9.64 Å². The average Bonchev–Trinajstić information content (AvgIpc) is 2.46. The number of hydrogen-bond donors (Lipinski definition) is 0. The molecule has 1 aromatic carbocycles. The molecule has 1 aromatic rings. The van der Waals surface area contributed by atoms with Gasteiger partial charge in [0.05, 0.1) is 17.6 Å². The van der Waals surface area contributed by atoms with Crippen molar-refractivity contribution < 1.29 is 14.5 Å². The second kappa shape index (κ2) is 5.79. The van der Waals surface area contributed by atoms with Gasteiger partial charge in [-0.15, -0.1) is 0 Å². The van der Waals surface area contributed by atoms with E-state index in [1.54, 1.807) is 12.1 Å². The predicted molar refractivity (Wildman–Crippen MR) is 70.7 cm³/mol. The molecule has 2 rings (SSSR count). The number of nitro groups is 1. The quantitative estimate of drug-likeness (QED) is 0.472. The molecule has 102 valence electrons. The minimum Gasteiger partial charge on any atom is -0.375 e. The fourth-order valence-corrected chi connectivity index (χ4v) is 2.21. The lowest BCUT2D eigenvalue weighted by molar-refractivity contribution is -0.384. The maximum absolute atomic E-state index is 11.1. The number of rotatable bonds is 4. The molecule has 0 saturated carbocycles. The van der Waals surface area contributed by atoms with Crippen LogP contribution in [0.15, 0.2) is 18.2 Å². The summed E-state index contributed by atoms with van der Waals surface area (Å²) in [6, 6.07) is 4.56. The fraction of sp³-hybridized carbons (Fsp3) is 0.462. The van der Waals surface area contributed by atoms with Gasteiger partial charge in [-0.25, -0.2) is 0 Å². The van der Waals surface area contributed by atoms with Crippen LogP contribution in [0.5, 0.6) is 0 Å². The Bertz CT molecular complexity index is 490. The third-order valence-electron chi connectivity index (χ3n) is 3.27. The molecule has 1 fully saturated rings. The van der Waals surface area contributed by atoms with Crippen molar-refractivity contribution in [2.75, 3.05) is 24.6 Å². The van der Waals surface area contributed by atoms with Gasteiger partial charge in [0.2, 0.25) is 0 Å². The first kappa shape index (κ1) is 13.5. The molecule has 0 radical (unpaired) electrons. The van der Waals surface area contributed by atoms with Gasteiger partial charge in [0.25, 0.3) is 5.69 Å². The van der Waals surface area contributed by atoms with Crippen LogP contribution in [-0.4, -0.2) is 37.0 Å². The lowest BCUT2D eigenvalue weighted by Crippen LogP contribution is -2.42. The molecule has 1 unspecified atom stereocenters. The Balaban J connectivity index is 2.32. The summed E-state index contributed by atoms with van der Waals surface area (Å²) in [6.07, 6.45) is 1.58. The first-order valence-corrected chi connectivity index (χ1v) is 6.26. The van der Waals surface area contributed by atoms with Crippen LogP contribution in [0.25, 0.3) is 0 Å². The second-order valence-electron chi connectivity index (χ2n) is 4.47. The number of carbonyl (C=O) groups is 1. The molecular weight excluding hydrogens is 248 g/mol. The summed E-state index contributed by atoms with van der Waals surface area (Å²) >= 11 is 0. The molecule has 0 spiro atoms. The first-order chi connectivity index (χ1) is 9.15. The average molecular weight is 264 g/mol. The van der Waals surface area contributed by atoms with Crippen molar-refractivity contribution in [2.24, 2.45) is 0 Å². The molecule has 0 aliphatic carbocycles. The second-order valence-corrected chi connectivity index (χ2v) is 4.47. The number of ether oxygens (including phenoxy) is 1. The van der Waals surface area contributed by atoms with Crippen LogP contribution in [0.2, 0.25) is 0 Å². The molecule has 0 aromatic heterocycles. The van der Waals surface area contributed by atoms with Crippen molar-refractivity contribution in [3.8, 4) is 0 Å². The van der Waals surface area contributed by atoms with Gasteiger partial charge in [-0.2, -0.15) is 0 Å². The van der Waals surface area contributed by atoms with E-state index in [1.807, 2.05) is 11.8 Å². The van der Waals surface area contributed by atoms with Gasteiger partial charge in [0, 0.05) is 24.7 Å². The molecule has 0 amide bonds. The van der Waals surface area contributed by atoms with Crippen LogP contribution >= 0.6 is 0 Å². The number of nitrogens with zero attached hydrogens (tertiary/aromatic N) is 2. The Morgan fingerprint density at radius 3 is 3.00 bits per heavy atom.